The van der Waals surface area contributed by atoms with Gasteiger partial charge in [0.1, 0.15) is 0 Å². The number of benzene rings is 2. The molecule has 2 aromatic carbocycles. The maximum atomic E-state index is 12.5. The summed E-state index contributed by atoms with van der Waals surface area (Å²) in [5.74, 6) is 0.593. The standard InChI is InChI=1S/C19H14IN5O/c1-12-22-23-18-10-9-17(24-25(12)18)13-5-4-6-14(11-13)21-19(26)15-7-2-3-8-16(15)20/h2-11H,1H3,(H,21,26). The van der Waals surface area contributed by atoms with Crippen molar-refractivity contribution >= 4 is 39.8 Å². The smallest absolute Gasteiger partial charge is 0.256 e. The highest BCUT2D eigenvalue weighted by Gasteiger charge is 2.11. The maximum absolute atomic E-state index is 12.5. The normalized spacial score (nSPS) is 10.8. The summed E-state index contributed by atoms with van der Waals surface area (Å²) < 4.78 is 2.61. The summed E-state index contributed by atoms with van der Waals surface area (Å²) in [6, 6.07) is 18.9. The SMILES string of the molecule is Cc1nnc2ccc(-c3cccc(NC(=O)c4ccccc4I)c3)nn12. The average Bonchev–Trinajstić information content (AvgIpc) is 3.03. The topological polar surface area (TPSA) is 72.2 Å². The van der Waals surface area contributed by atoms with Crippen LogP contribution in [0.4, 0.5) is 5.69 Å². The van der Waals surface area contributed by atoms with Gasteiger partial charge in [0.2, 0.25) is 0 Å². The Morgan fingerprint density at radius 2 is 1.88 bits per heavy atom. The second-order valence-electron chi connectivity index (χ2n) is 5.75. The van der Waals surface area contributed by atoms with E-state index in [0.717, 1.165) is 26.3 Å². The molecule has 128 valence electrons. The first kappa shape index (κ1) is 16.6. The van der Waals surface area contributed by atoms with E-state index in [1.54, 1.807) is 4.52 Å². The molecule has 0 bridgehead atoms. The minimum absolute atomic E-state index is 0.134. The van der Waals surface area contributed by atoms with Crippen molar-refractivity contribution in [3.05, 3.63) is 75.6 Å². The highest BCUT2D eigenvalue weighted by molar-refractivity contribution is 14.1. The van der Waals surface area contributed by atoms with Gasteiger partial charge in [0.05, 0.1) is 11.3 Å². The molecule has 7 heteroatoms. The third-order valence-electron chi connectivity index (χ3n) is 3.95. The van der Waals surface area contributed by atoms with Crippen LogP contribution < -0.4 is 5.32 Å². The predicted octanol–water partition coefficient (Wildman–Crippen LogP) is 3.96. The Hall–Kier alpha value is -2.81. The molecule has 0 spiro atoms. The van der Waals surface area contributed by atoms with Crippen molar-refractivity contribution in [3.8, 4) is 11.3 Å². The molecule has 1 amide bonds. The number of hydrogen-bond acceptors (Lipinski definition) is 4. The van der Waals surface area contributed by atoms with E-state index in [2.05, 4.69) is 43.2 Å². The molecule has 26 heavy (non-hydrogen) atoms. The quantitative estimate of drug-likeness (QED) is 0.475. The number of anilines is 1. The zero-order chi connectivity index (χ0) is 18.1. The second-order valence-corrected chi connectivity index (χ2v) is 6.91. The van der Waals surface area contributed by atoms with Gasteiger partial charge in [-0.15, -0.1) is 10.2 Å². The van der Waals surface area contributed by atoms with Gasteiger partial charge in [-0.25, -0.2) is 0 Å². The fourth-order valence-corrected chi connectivity index (χ4v) is 3.28. The lowest BCUT2D eigenvalue weighted by Crippen LogP contribution is -2.13. The minimum Gasteiger partial charge on any atom is -0.322 e. The van der Waals surface area contributed by atoms with Crippen molar-refractivity contribution in [1.82, 2.24) is 19.8 Å². The minimum atomic E-state index is -0.134. The van der Waals surface area contributed by atoms with Gasteiger partial charge in [0.25, 0.3) is 5.91 Å². The van der Waals surface area contributed by atoms with Crippen molar-refractivity contribution < 1.29 is 4.79 Å². The van der Waals surface area contributed by atoms with Crippen LogP contribution in [0.1, 0.15) is 16.2 Å². The molecule has 1 N–H and O–H groups in total. The summed E-state index contributed by atoms with van der Waals surface area (Å²) in [7, 11) is 0. The predicted molar refractivity (Wildman–Crippen MR) is 108 cm³/mol. The van der Waals surface area contributed by atoms with Crippen LogP contribution >= 0.6 is 22.6 Å². The third-order valence-corrected chi connectivity index (χ3v) is 4.89. The lowest BCUT2D eigenvalue weighted by atomic mass is 10.1. The number of nitrogens with one attached hydrogen (secondary N) is 1. The van der Waals surface area contributed by atoms with Gasteiger partial charge in [-0.1, -0.05) is 24.3 Å². The van der Waals surface area contributed by atoms with Crippen LogP contribution in [0.3, 0.4) is 0 Å². The number of hydrogen-bond donors (Lipinski definition) is 1. The van der Waals surface area contributed by atoms with Gasteiger partial charge in [-0.05, 0) is 65.9 Å². The molecule has 0 saturated carbocycles. The molecular formula is C19H14IN5O. The van der Waals surface area contributed by atoms with Crippen LogP contribution in [0.2, 0.25) is 0 Å². The first-order chi connectivity index (χ1) is 12.6. The van der Waals surface area contributed by atoms with Crippen LogP contribution in [0.25, 0.3) is 16.9 Å². The highest BCUT2D eigenvalue weighted by Crippen LogP contribution is 2.22. The molecule has 0 unspecified atom stereocenters. The number of halogens is 1. The molecular weight excluding hydrogens is 441 g/mol. The number of carbonyl (C=O) groups excluding carboxylic acids is 1. The largest absolute Gasteiger partial charge is 0.322 e. The maximum Gasteiger partial charge on any atom is 0.256 e. The molecule has 2 aromatic heterocycles. The van der Waals surface area contributed by atoms with Crippen LogP contribution in [-0.2, 0) is 0 Å². The van der Waals surface area contributed by atoms with Gasteiger partial charge >= 0.3 is 0 Å². The number of amides is 1. The fraction of sp³-hybridized carbons (Fsp3) is 0.0526. The average molecular weight is 455 g/mol. The van der Waals surface area contributed by atoms with E-state index >= 15 is 0 Å². The number of aryl methyl sites for hydroxylation is 1. The number of rotatable bonds is 3. The Morgan fingerprint density at radius 1 is 1.04 bits per heavy atom. The van der Waals surface area contributed by atoms with Gasteiger partial charge in [-0.3, -0.25) is 4.79 Å². The Bertz CT molecular complexity index is 1120. The number of aromatic nitrogens is 4. The number of carbonyl (C=O) groups is 1. The van der Waals surface area contributed by atoms with Gasteiger partial charge < -0.3 is 5.32 Å². The van der Waals surface area contributed by atoms with Crippen LogP contribution in [0, 0.1) is 10.5 Å². The zero-order valence-corrected chi connectivity index (χ0v) is 16.0. The molecule has 0 saturated heterocycles. The molecule has 0 atom stereocenters. The van der Waals surface area contributed by atoms with E-state index in [9.17, 15) is 4.79 Å². The highest BCUT2D eigenvalue weighted by atomic mass is 127. The fourth-order valence-electron chi connectivity index (χ4n) is 2.65. The van der Waals surface area contributed by atoms with Crippen LogP contribution in [0.5, 0.6) is 0 Å². The van der Waals surface area contributed by atoms with Crippen molar-refractivity contribution in [2.45, 2.75) is 6.92 Å². The first-order valence-electron chi connectivity index (χ1n) is 7.97. The second kappa shape index (κ2) is 6.83. The van der Waals surface area contributed by atoms with E-state index in [1.807, 2.05) is 67.6 Å². The Balaban J connectivity index is 1.64. The molecule has 4 rings (SSSR count). The van der Waals surface area contributed by atoms with Gasteiger partial charge in [0.15, 0.2) is 11.5 Å². The van der Waals surface area contributed by atoms with E-state index in [-0.39, 0.29) is 5.91 Å². The molecule has 0 fully saturated rings. The van der Waals surface area contributed by atoms with E-state index in [1.165, 1.54) is 0 Å². The summed E-state index contributed by atoms with van der Waals surface area (Å²) >= 11 is 2.16. The van der Waals surface area contributed by atoms with Gasteiger partial charge in [0, 0.05) is 14.8 Å². The summed E-state index contributed by atoms with van der Waals surface area (Å²) in [5.41, 5.74) is 3.76. The van der Waals surface area contributed by atoms with Gasteiger partial charge in [-0.2, -0.15) is 9.61 Å². The van der Waals surface area contributed by atoms with Crippen LogP contribution in [-0.4, -0.2) is 25.7 Å². The summed E-state index contributed by atoms with van der Waals surface area (Å²) in [6.45, 7) is 1.86. The monoisotopic (exact) mass is 455 g/mol. The number of fused-ring (bicyclic) bond motifs is 1. The Morgan fingerprint density at radius 3 is 2.73 bits per heavy atom. The van der Waals surface area contributed by atoms with Crippen molar-refractivity contribution in [2.75, 3.05) is 5.32 Å². The molecule has 0 aliphatic rings. The molecule has 0 aliphatic heterocycles. The summed E-state index contributed by atoms with van der Waals surface area (Å²) in [5, 5.41) is 15.6. The molecule has 4 aromatic rings. The van der Waals surface area contributed by atoms with E-state index in [4.69, 9.17) is 0 Å². The summed E-state index contributed by atoms with van der Waals surface area (Å²) in [4.78, 5) is 12.5. The Labute approximate surface area is 163 Å². The van der Waals surface area contributed by atoms with E-state index in [0.29, 0.717) is 11.2 Å². The molecule has 0 aliphatic carbocycles. The number of nitrogens with zero attached hydrogens (tertiary/aromatic N) is 4. The molecule has 2 heterocycles. The Kier molecular flexibility index (Phi) is 4.37. The third kappa shape index (κ3) is 3.17. The van der Waals surface area contributed by atoms with E-state index < -0.39 is 0 Å². The molecule has 0 radical (unpaired) electrons. The van der Waals surface area contributed by atoms with Crippen molar-refractivity contribution in [1.29, 1.82) is 0 Å². The summed E-state index contributed by atoms with van der Waals surface area (Å²) in [6.07, 6.45) is 0. The van der Waals surface area contributed by atoms with Crippen molar-refractivity contribution in [3.63, 3.8) is 0 Å². The molecule has 6 nitrogen and oxygen atoms in total. The van der Waals surface area contributed by atoms with Crippen LogP contribution in [0.15, 0.2) is 60.7 Å². The zero-order valence-electron chi connectivity index (χ0n) is 13.8. The first-order valence-corrected chi connectivity index (χ1v) is 9.05. The van der Waals surface area contributed by atoms with Crippen molar-refractivity contribution in [2.24, 2.45) is 0 Å². The lowest BCUT2D eigenvalue weighted by molar-refractivity contribution is 0.102. The lowest BCUT2D eigenvalue weighted by Gasteiger charge is -2.09.